The minimum absolute atomic E-state index is 0.0583. The van der Waals surface area contributed by atoms with Gasteiger partial charge in [-0.1, -0.05) is 6.07 Å². The van der Waals surface area contributed by atoms with Gasteiger partial charge in [0.05, 0.1) is 16.7 Å². The maximum Gasteiger partial charge on any atom is 0.130 e. The summed E-state index contributed by atoms with van der Waals surface area (Å²) in [6.07, 6.45) is 2.46. The third-order valence-corrected chi connectivity index (χ3v) is 3.11. The molecule has 0 saturated carbocycles. The number of nitrogens with zero attached hydrogens (tertiary/aromatic N) is 3. The van der Waals surface area contributed by atoms with Crippen molar-refractivity contribution in [3.05, 3.63) is 42.1 Å². The van der Waals surface area contributed by atoms with Gasteiger partial charge in [0, 0.05) is 24.2 Å². The van der Waals surface area contributed by atoms with Gasteiger partial charge in [-0.05, 0) is 32.0 Å². The lowest BCUT2D eigenvalue weighted by atomic mass is 10.1. The molecule has 0 amide bonds. The van der Waals surface area contributed by atoms with Crippen LogP contribution in [-0.2, 0) is 6.42 Å². The molecule has 0 bridgehead atoms. The molecular formula is C15H17N5. The Kier molecular flexibility index (Phi) is 3.20. The zero-order chi connectivity index (χ0) is 14.1. The Balaban J connectivity index is 2.01. The highest BCUT2D eigenvalue weighted by Gasteiger charge is 2.06. The summed E-state index contributed by atoms with van der Waals surface area (Å²) in [4.78, 5) is 16.5. The first-order valence-electron chi connectivity index (χ1n) is 6.66. The van der Waals surface area contributed by atoms with Gasteiger partial charge in [0.15, 0.2) is 0 Å². The number of nitrogens with one attached hydrogen (secondary N) is 1. The maximum absolute atomic E-state index is 5.80. The van der Waals surface area contributed by atoms with Crippen molar-refractivity contribution in [1.82, 2.24) is 19.9 Å². The lowest BCUT2D eigenvalue weighted by molar-refractivity contribution is 0.702. The summed E-state index contributed by atoms with van der Waals surface area (Å²) >= 11 is 0. The van der Waals surface area contributed by atoms with E-state index in [1.807, 2.05) is 32.0 Å². The second-order valence-electron chi connectivity index (χ2n) is 5.09. The summed E-state index contributed by atoms with van der Waals surface area (Å²) in [5, 5.41) is 0. The Morgan fingerprint density at radius 2 is 2.10 bits per heavy atom. The molecule has 0 aliphatic heterocycles. The average Bonchev–Trinajstić information content (AvgIpc) is 2.77. The van der Waals surface area contributed by atoms with Gasteiger partial charge in [0.25, 0.3) is 0 Å². The smallest absolute Gasteiger partial charge is 0.130 e. The number of hydrogen-bond donors (Lipinski definition) is 2. The molecule has 20 heavy (non-hydrogen) atoms. The quantitative estimate of drug-likeness (QED) is 0.762. The average molecular weight is 267 g/mol. The molecule has 0 saturated heterocycles. The molecule has 3 N–H and O–H groups in total. The van der Waals surface area contributed by atoms with Gasteiger partial charge in [-0.3, -0.25) is 0 Å². The van der Waals surface area contributed by atoms with Crippen LogP contribution in [0.15, 0.2) is 30.5 Å². The van der Waals surface area contributed by atoms with Crippen LogP contribution in [0, 0.1) is 6.92 Å². The first-order valence-corrected chi connectivity index (χ1v) is 6.66. The van der Waals surface area contributed by atoms with Crippen molar-refractivity contribution in [3.8, 4) is 11.3 Å². The van der Waals surface area contributed by atoms with Gasteiger partial charge in [0.1, 0.15) is 11.6 Å². The minimum Gasteiger partial charge on any atom is -0.342 e. The van der Waals surface area contributed by atoms with Crippen LogP contribution in [0.5, 0.6) is 0 Å². The fraction of sp³-hybridized carbons (Fsp3) is 0.267. The number of rotatable bonds is 3. The summed E-state index contributed by atoms with van der Waals surface area (Å²) in [7, 11) is 0. The van der Waals surface area contributed by atoms with Crippen molar-refractivity contribution in [2.24, 2.45) is 5.73 Å². The van der Waals surface area contributed by atoms with E-state index in [4.69, 9.17) is 5.73 Å². The minimum atomic E-state index is 0.0583. The van der Waals surface area contributed by atoms with E-state index >= 15 is 0 Å². The molecule has 0 fully saturated rings. The van der Waals surface area contributed by atoms with Crippen LogP contribution in [0.25, 0.3) is 22.3 Å². The van der Waals surface area contributed by atoms with E-state index in [1.54, 1.807) is 6.20 Å². The van der Waals surface area contributed by atoms with Crippen molar-refractivity contribution in [2.75, 3.05) is 0 Å². The van der Waals surface area contributed by atoms with E-state index in [0.29, 0.717) is 6.42 Å². The largest absolute Gasteiger partial charge is 0.342 e. The lowest BCUT2D eigenvalue weighted by Crippen LogP contribution is -2.19. The van der Waals surface area contributed by atoms with Crippen molar-refractivity contribution in [2.45, 2.75) is 26.3 Å². The summed E-state index contributed by atoms with van der Waals surface area (Å²) < 4.78 is 0. The van der Waals surface area contributed by atoms with E-state index in [9.17, 15) is 0 Å². The van der Waals surface area contributed by atoms with Gasteiger partial charge < -0.3 is 10.7 Å². The molecule has 5 nitrogen and oxygen atoms in total. The number of nitrogens with two attached hydrogens (primary N) is 1. The Labute approximate surface area is 117 Å². The van der Waals surface area contributed by atoms with Crippen molar-refractivity contribution in [1.29, 1.82) is 0 Å². The topological polar surface area (TPSA) is 80.5 Å². The molecule has 2 aromatic heterocycles. The van der Waals surface area contributed by atoms with E-state index in [2.05, 4.69) is 26.0 Å². The molecule has 1 atom stereocenters. The number of H-pyrrole nitrogens is 1. The van der Waals surface area contributed by atoms with Crippen molar-refractivity contribution >= 4 is 11.0 Å². The highest BCUT2D eigenvalue weighted by Crippen LogP contribution is 2.21. The molecule has 3 aromatic rings. The first-order chi connectivity index (χ1) is 9.61. The highest BCUT2D eigenvalue weighted by molar-refractivity contribution is 5.81. The molecule has 0 aliphatic carbocycles. The van der Waals surface area contributed by atoms with Crippen LogP contribution < -0.4 is 5.73 Å². The number of fused-ring (bicyclic) bond motifs is 1. The standard InChI is InChI=1S/C15H17N5/c1-9(16)7-15-17-6-5-12(20-15)11-3-4-13-14(8-11)19-10(2)18-13/h3-6,8-9H,7,16H2,1-2H3,(H,18,19). The first kappa shape index (κ1) is 12.7. The van der Waals surface area contributed by atoms with Crippen LogP contribution in [0.2, 0.25) is 0 Å². The van der Waals surface area contributed by atoms with E-state index in [0.717, 1.165) is 33.9 Å². The summed E-state index contributed by atoms with van der Waals surface area (Å²) in [6.45, 7) is 3.90. The third kappa shape index (κ3) is 2.53. The fourth-order valence-corrected chi connectivity index (χ4v) is 2.24. The number of imidazole rings is 1. The van der Waals surface area contributed by atoms with Crippen LogP contribution in [0.1, 0.15) is 18.6 Å². The second-order valence-corrected chi connectivity index (χ2v) is 5.09. The summed E-state index contributed by atoms with van der Waals surface area (Å²) in [5.41, 5.74) is 9.74. The molecular weight excluding hydrogens is 250 g/mol. The molecule has 1 unspecified atom stereocenters. The number of aromatic amines is 1. The van der Waals surface area contributed by atoms with Gasteiger partial charge in [-0.15, -0.1) is 0 Å². The summed E-state index contributed by atoms with van der Waals surface area (Å²) in [6, 6.07) is 8.06. The van der Waals surface area contributed by atoms with Gasteiger partial charge in [-0.25, -0.2) is 15.0 Å². The molecule has 1 aromatic carbocycles. The molecule has 0 radical (unpaired) electrons. The van der Waals surface area contributed by atoms with Crippen LogP contribution in [0.4, 0.5) is 0 Å². The normalized spacial score (nSPS) is 12.8. The Bertz CT molecular complexity index is 745. The molecule has 2 heterocycles. The number of benzene rings is 1. The fourth-order valence-electron chi connectivity index (χ4n) is 2.24. The predicted octanol–water partition coefficient (Wildman–Crippen LogP) is 2.22. The van der Waals surface area contributed by atoms with Crippen molar-refractivity contribution < 1.29 is 0 Å². The number of aromatic nitrogens is 4. The van der Waals surface area contributed by atoms with Gasteiger partial charge >= 0.3 is 0 Å². The highest BCUT2D eigenvalue weighted by atomic mass is 14.9. The summed E-state index contributed by atoms with van der Waals surface area (Å²) in [5.74, 6) is 1.69. The van der Waals surface area contributed by atoms with Crippen LogP contribution in [-0.4, -0.2) is 26.0 Å². The monoisotopic (exact) mass is 267 g/mol. The van der Waals surface area contributed by atoms with Crippen LogP contribution >= 0.6 is 0 Å². The van der Waals surface area contributed by atoms with Gasteiger partial charge in [0.2, 0.25) is 0 Å². The SMILES string of the molecule is Cc1nc2ccc(-c3ccnc(CC(C)N)n3)cc2[nH]1. The zero-order valence-corrected chi connectivity index (χ0v) is 11.6. The van der Waals surface area contributed by atoms with Crippen molar-refractivity contribution in [3.63, 3.8) is 0 Å². The molecule has 0 spiro atoms. The van der Waals surface area contributed by atoms with E-state index in [1.165, 1.54) is 0 Å². The third-order valence-electron chi connectivity index (χ3n) is 3.11. The molecule has 5 heteroatoms. The molecule has 0 aliphatic rings. The van der Waals surface area contributed by atoms with Gasteiger partial charge in [-0.2, -0.15) is 0 Å². The number of hydrogen-bond acceptors (Lipinski definition) is 4. The second kappa shape index (κ2) is 5.02. The van der Waals surface area contributed by atoms with E-state index < -0.39 is 0 Å². The predicted molar refractivity (Wildman–Crippen MR) is 79.2 cm³/mol. The Hall–Kier alpha value is -2.27. The maximum atomic E-state index is 5.80. The van der Waals surface area contributed by atoms with E-state index in [-0.39, 0.29) is 6.04 Å². The number of aryl methyl sites for hydroxylation is 1. The Morgan fingerprint density at radius 1 is 1.25 bits per heavy atom. The molecule has 102 valence electrons. The Morgan fingerprint density at radius 3 is 2.90 bits per heavy atom. The van der Waals surface area contributed by atoms with Crippen LogP contribution in [0.3, 0.4) is 0 Å². The zero-order valence-electron chi connectivity index (χ0n) is 11.6. The lowest BCUT2D eigenvalue weighted by Gasteiger charge is -2.06. The molecule has 3 rings (SSSR count).